The Kier molecular flexibility index (Phi) is 12.3. The first-order chi connectivity index (χ1) is 20.9. The zero-order chi connectivity index (χ0) is 30.6. The SMILES string of the molecule is CCOC(=O)[C@H](CSCCC1CCN(C(=O)OCc2ccccc2)CC1)NC1CCc2ccccc2N(CC(=O)O)C1=O. The average molecular weight is 612 g/mol. The number of hydrogen-bond donors (Lipinski definition) is 2. The Hall–Kier alpha value is -3.57. The van der Waals surface area contributed by atoms with E-state index in [0.717, 1.165) is 36.1 Å². The number of nitrogens with one attached hydrogen (secondary N) is 1. The number of fused-ring (bicyclic) bond motifs is 1. The molecule has 43 heavy (non-hydrogen) atoms. The molecule has 0 radical (unpaired) electrons. The number of likely N-dealkylation sites (tertiary alicyclic amines) is 1. The highest BCUT2D eigenvalue weighted by molar-refractivity contribution is 7.99. The normalized spacial score (nSPS) is 18.0. The molecule has 0 aromatic heterocycles. The molecule has 10 nitrogen and oxygen atoms in total. The molecule has 2 heterocycles. The van der Waals surface area contributed by atoms with Crippen LogP contribution < -0.4 is 10.2 Å². The van der Waals surface area contributed by atoms with Gasteiger partial charge in [-0.25, -0.2) is 4.79 Å². The Morgan fingerprint density at radius 3 is 2.47 bits per heavy atom. The van der Waals surface area contributed by atoms with Crippen molar-refractivity contribution in [2.45, 2.75) is 57.7 Å². The van der Waals surface area contributed by atoms with E-state index < -0.39 is 30.6 Å². The summed E-state index contributed by atoms with van der Waals surface area (Å²) < 4.78 is 10.8. The zero-order valence-electron chi connectivity index (χ0n) is 24.6. The highest BCUT2D eigenvalue weighted by Crippen LogP contribution is 2.28. The van der Waals surface area contributed by atoms with Gasteiger partial charge in [-0.3, -0.25) is 24.6 Å². The lowest BCUT2D eigenvalue weighted by molar-refractivity contribution is -0.145. The monoisotopic (exact) mass is 611 g/mol. The number of esters is 1. The van der Waals surface area contributed by atoms with Gasteiger partial charge in [-0.2, -0.15) is 11.8 Å². The number of nitrogens with zero attached hydrogens (tertiary/aromatic N) is 2. The maximum Gasteiger partial charge on any atom is 0.410 e. The van der Waals surface area contributed by atoms with E-state index in [1.54, 1.807) is 35.7 Å². The third-order valence-corrected chi connectivity index (χ3v) is 8.94. The molecular weight excluding hydrogens is 570 g/mol. The second kappa shape index (κ2) is 16.3. The van der Waals surface area contributed by atoms with Crippen molar-refractivity contribution in [3.63, 3.8) is 0 Å². The van der Waals surface area contributed by atoms with Gasteiger partial charge in [0.05, 0.1) is 12.6 Å². The van der Waals surface area contributed by atoms with E-state index in [2.05, 4.69) is 5.32 Å². The van der Waals surface area contributed by atoms with Gasteiger partial charge >= 0.3 is 18.0 Å². The summed E-state index contributed by atoms with van der Waals surface area (Å²) in [4.78, 5) is 53.5. The van der Waals surface area contributed by atoms with Crippen molar-refractivity contribution in [2.75, 3.05) is 42.6 Å². The molecule has 2 N–H and O–H groups in total. The molecule has 0 bridgehead atoms. The molecule has 11 heteroatoms. The van der Waals surface area contributed by atoms with E-state index in [-0.39, 0.29) is 25.2 Å². The van der Waals surface area contributed by atoms with Crippen molar-refractivity contribution < 1.29 is 33.8 Å². The van der Waals surface area contributed by atoms with Crippen LogP contribution in [-0.4, -0.2) is 83.8 Å². The van der Waals surface area contributed by atoms with Gasteiger partial charge < -0.3 is 19.5 Å². The summed E-state index contributed by atoms with van der Waals surface area (Å²) in [5.41, 5.74) is 2.46. The van der Waals surface area contributed by atoms with Crippen LogP contribution in [0.15, 0.2) is 54.6 Å². The fraction of sp³-hybridized carbons (Fsp3) is 0.500. The number of carboxylic acids is 1. The number of thioether (sulfide) groups is 1. The molecule has 2 atom stereocenters. The largest absolute Gasteiger partial charge is 0.480 e. The predicted octanol–water partition coefficient (Wildman–Crippen LogP) is 4.11. The summed E-state index contributed by atoms with van der Waals surface area (Å²) in [6, 6.07) is 15.5. The summed E-state index contributed by atoms with van der Waals surface area (Å²) in [6.07, 6.45) is 3.50. The summed E-state index contributed by atoms with van der Waals surface area (Å²) >= 11 is 1.63. The molecule has 2 aliphatic rings. The number of rotatable bonds is 13. The van der Waals surface area contributed by atoms with Gasteiger partial charge in [0, 0.05) is 24.5 Å². The molecule has 2 amide bonds. The lowest BCUT2D eigenvalue weighted by atomic mass is 9.95. The van der Waals surface area contributed by atoms with Crippen molar-refractivity contribution in [2.24, 2.45) is 5.92 Å². The number of hydrogen-bond acceptors (Lipinski definition) is 8. The highest BCUT2D eigenvalue weighted by atomic mass is 32.2. The van der Waals surface area contributed by atoms with Crippen LogP contribution in [-0.2, 0) is 36.9 Å². The van der Waals surface area contributed by atoms with Gasteiger partial charge in [-0.1, -0.05) is 48.5 Å². The quantitative estimate of drug-likeness (QED) is 0.254. The molecule has 0 spiro atoms. The second-order valence-electron chi connectivity index (χ2n) is 10.8. The first-order valence-electron chi connectivity index (χ1n) is 14.9. The number of carbonyl (C=O) groups excluding carboxylic acids is 3. The maximum absolute atomic E-state index is 13.5. The van der Waals surface area contributed by atoms with Crippen LogP contribution in [0.25, 0.3) is 0 Å². The van der Waals surface area contributed by atoms with Gasteiger partial charge in [-0.05, 0) is 67.9 Å². The Bertz CT molecular complexity index is 1240. The third kappa shape index (κ3) is 9.46. The van der Waals surface area contributed by atoms with Crippen molar-refractivity contribution in [3.8, 4) is 0 Å². The second-order valence-corrected chi connectivity index (χ2v) is 12.0. The van der Waals surface area contributed by atoms with Gasteiger partial charge in [-0.15, -0.1) is 0 Å². The molecule has 2 aromatic rings. The lowest BCUT2D eigenvalue weighted by Gasteiger charge is -2.31. The Balaban J connectivity index is 1.25. The molecule has 2 aromatic carbocycles. The predicted molar refractivity (Wildman–Crippen MR) is 165 cm³/mol. The lowest BCUT2D eigenvalue weighted by Crippen LogP contribution is -2.53. The topological polar surface area (TPSA) is 125 Å². The number of benzene rings is 2. The summed E-state index contributed by atoms with van der Waals surface area (Å²) in [5.74, 6) is -0.144. The summed E-state index contributed by atoms with van der Waals surface area (Å²) in [7, 11) is 0. The number of para-hydroxylation sites is 1. The molecule has 4 rings (SSSR count). The van der Waals surface area contributed by atoms with Crippen LogP contribution >= 0.6 is 11.8 Å². The van der Waals surface area contributed by atoms with E-state index in [1.807, 2.05) is 42.5 Å². The van der Waals surface area contributed by atoms with E-state index in [4.69, 9.17) is 9.47 Å². The van der Waals surface area contributed by atoms with Gasteiger partial charge in [0.2, 0.25) is 5.91 Å². The van der Waals surface area contributed by atoms with Crippen LogP contribution in [0.1, 0.15) is 43.7 Å². The van der Waals surface area contributed by atoms with Crippen molar-refractivity contribution in [1.82, 2.24) is 10.2 Å². The number of anilines is 1. The minimum atomic E-state index is -1.10. The van der Waals surface area contributed by atoms with Crippen LogP contribution in [0, 0.1) is 5.92 Å². The number of carboxylic acid groups (broad SMARTS) is 1. The minimum Gasteiger partial charge on any atom is -0.480 e. The maximum atomic E-state index is 13.5. The molecule has 232 valence electrons. The van der Waals surface area contributed by atoms with E-state index in [0.29, 0.717) is 43.3 Å². The fourth-order valence-corrected chi connectivity index (χ4v) is 6.64. The molecule has 1 fully saturated rings. The molecular formula is C32H41N3O7S. The first kappa shape index (κ1) is 32.3. The van der Waals surface area contributed by atoms with Gasteiger partial charge in [0.1, 0.15) is 19.2 Å². The average Bonchev–Trinajstić information content (AvgIpc) is 3.14. The fourth-order valence-electron chi connectivity index (χ4n) is 5.50. The van der Waals surface area contributed by atoms with Gasteiger partial charge in [0.15, 0.2) is 0 Å². The van der Waals surface area contributed by atoms with Crippen LogP contribution in [0.2, 0.25) is 0 Å². The van der Waals surface area contributed by atoms with Crippen LogP contribution in [0.3, 0.4) is 0 Å². The highest BCUT2D eigenvalue weighted by Gasteiger charge is 2.34. The molecule has 2 aliphatic heterocycles. The number of piperidine rings is 1. The van der Waals surface area contributed by atoms with Crippen molar-refractivity contribution in [1.29, 1.82) is 0 Å². The first-order valence-corrected chi connectivity index (χ1v) is 16.1. The van der Waals surface area contributed by atoms with E-state index in [1.165, 1.54) is 4.90 Å². The zero-order valence-corrected chi connectivity index (χ0v) is 25.4. The number of aryl methyl sites for hydroxylation is 1. The van der Waals surface area contributed by atoms with Crippen molar-refractivity contribution in [3.05, 3.63) is 65.7 Å². The summed E-state index contributed by atoms with van der Waals surface area (Å²) in [6.45, 7) is 3.11. The van der Waals surface area contributed by atoms with E-state index >= 15 is 0 Å². The smallest absolute Gasteiger partial charge is 0.410 e. The number of amides is 2. The molecule has 0 aliphatic carbocycles. The molecule has 1 saturated heterocycles. The molecule has 0 saturated carbocycles. The summed E-state index contributed by atoms with van der Waals surface area (Å²) in [5, 5.41) is 12.7. The molecule has 1 unspecified atom stereocenters. The number of ether oxygens (including phenoxy) is 2. The van der Waals surface area contributed by atoms with Crippen molar-refractivity contribution >= 4 is 41.4 Å². The van der Waals surface area contributed by atoms with Crippen LogP contribution in [0.5, 0.6) is 0 Å². The van der Waals surface area contributed by atoms with Gasteiger partial charge in [0.25, 0.3) is 0 Å². The number of aliphatic carboxylic acids is 1. The van der Waals surface area contributed by atoms with E-state index in [9.17, 15) is 24.3 Å². The minimum absolute atomic E-state index is 0.225. The Labute approximate surface area is 257 Å². The van der Waals surface area contributed by atoms with Crippen LogP contribution in [0.4, 0.5) is 10.5 Å². The standard InChI is InChI=1S/C32H41N3O7S/c1-2-41-31(39)27(33-26-13-12-25-10-6-7-11-28(25)35(30(26)38)20-29(36)37)22-43-19-16-23-14-17-34(18-15-23)32(40)42-21-24-8-4-3-5-9-24/h3-11,23,26-27,33H,2,12-22H2,1H3,(H,36,37)/t26?,27-/m0/s1. The number of carbonyl (C=O) groups is 4. The Morgan fingerprint density at radius 2 is 1.74 bits per heavy atom. The Morgan fingerprint density at radius 1 is 1.02 bits per heavy atom. The third-order valence-electron chi connectivity index (χ3n) is 7.85.